The maximum absolute atomic E-state index is 8.77. The van der Waals surface area contributed by atoms with E-state index in [2.05, 4.69) is 15.2 Å². The Morgan fingerprint density at radius 1 is 1.10 bits per heavy atom. The standard InChI is InChI=1S/C15H9ClN4S/c16-13(11-4-2-1-3-5-11)15-20-19-14(21-15)12-7-6-10(8-17)9-18-12/h1-7,9,13H. The van der Waals surface area contributed by atoms with Gasteiger partial charge in [-0.2, -0.15) is 5.26 Å². The number of pyridine rings is 1. The van der Waals surface area contributed by atoms with Crippen molar-refractivity contribution in [2.24, 2.45) is 0 Å². The van der Waals surface area contributed by atoms with Crippen LogP contribution in [0, 0.1) is 11.3 Å². The lowest BCUT2D eigenvalue weighted by molar-refractivity contribution is 0.985. The maximum Gasteiger partial charge on any atom is 0.166 e. The minimum atomic E-state index is -0.323. The lowest BCUT2D eigenvalue weighted by atomic mass is 10.1. The number of hydrogen-bond acceptors (Lipinski definition) is 5. The van der Waals surface area contributed by atoms with Gasteiger partial charge in [-0.05, 0) is 17.7 Å². The summed E-state index contributed by atoms with van der Waals surface area (Å²) in [4.78, 5) is 4.21. The second kappa shape index (κ2) is 6.00. The van der Waals surface area contributed by atoms with Crippen LogP contribution in [0.25, 0.3) is 10.7 Å². The normalized spacial score (nSPS) is 11.8. The van der Waals surface area contributed by atoms with E-state index in [1.807, 2.05) is 36.4 Å². The van der Waals surface area contributed by atoms with Gasteiger partial charge in [-0.15, -0.1) is 21.8 Å². The van der Waals surface area contributed by atoms with Crippen molar-refractivity contribution in [2.45, 2.75) is 5.38 Å². The van der Waals surface area contributed by atoms with E-state index in [0.717, 1.165) is 10.6 Å². The molecule has 0 aliphatic rings. The van der Waals surface area contributed by atoms with E-state index < -0.39 is 0 Å². The monoisotopic (exact) mass is 312 g/mol. The molecule has 0 amide bonds. The van der Waals surface area contributed by atoms with Crippen LogP contribution >= 0.6 is 22.9 Å². The summed E-state index contributed by atoms with van der Waals surface area (Å²) >= 11 is 7.83. The molecule has 2 heterocycles. The largest absolute Gasteiger partial charge is 0.252 e. The summed E-state index contributed by atoms with van der Waals surface area (Å²) in [6.45, 7) is 0. The molecule has 0 radical (unpaired) electrons. The van der Waals surface area contributed by atoms with Crippen molar-refractivity contribution in [1.82, 2.24) is 15.2 Å². The van der Waals surface area contributed by atoms with Gasteiger partial charge in [0.05, 0.1) is 5.56 Å². The molecule has 1 unspecified atom stereocenters. The third-order valence-electron chi connectivity index (χ3n) is 2.86. The highest BCUT2D eigenvalue weighted by molar-refractivity contribution is 7.15. The Balaban J connectivity index is 1.87. The molecule has 0 fully saturated rings. The maximum atomic E-state index is 8.77. The number of halogens is 1. The highest BCUT2D eigenvalue weighted by Gasteiger charge is 2.17. The topological polar surface area (TPSA) is 62.5 Å². The molecule has 1 atom stereocenters. The third-order valence-corrected chi connectivity index (χ3v) is 4.46. The zero-order valence-corrected chi connectivity index (χ0v) is 12.3. The molecule has 4 nitrogen and oxygen atoms in total. The number of nitrogens with zero attached hydrogens (tertiary/aromatic N) is 4. The average Bonchev–Trinajstić information content (AvgIpc) is 3.05. The molecule has 0 aliphatic heterocycles. The van der Waals surface area contributed by atoms with Gasteiger partial charge in [0.15, 0.2) is 5.01 Å². The molecule has 6 heteroatoms. The predicted molar refractivity (Wildman–Crippen MR) is 82.0 cm³/mol. The van der Waals surface area contributed by atoms with Crippen molar-refractivity contribution < 1.29 is 0 Å². The van der Waals surface area contributed by atoms with Crippen molar-refractivity contribution in [2.75, 3.05) is 0 Å². The fourth-order valence-electron chi connectivity index (χ4n) is 1.79. The molecule has 3 rings (SSSR count). The minimum Gasteiger partial charge on any atom is -0.252 e. The van der Waals surface area contributed by atoms with Gasteiger partial charge in [0.1, 0.15) is 22.1 Å². The molecule has 0 saturated heterocycles. The summed E-state index contributed by atoms with van der Waals surface area (Å²) in [5.41, 5.74) is 2.19. The van der Waals surface area contributed by atoms with Crippen LogP contribution in [0.2, 0.25) is 0 Å². The van der Waals surface area contributed by atoms with Gasteiger partial charge in [-0.3, -0.25) is 4.98 Å². The van der Waals surface area contributed by atoms with Gasteiger partial charge < -0.3 is 0 Å². The molecule has 21 heavy (non-hydrogen) atoms. The van der Waals surface area contributed by atoms with Crippen LogP contribution in [0.3, 0.4) is 0 Å². The smallest absolute Gasteiger partial charge is 0.166 e. The molecule has 0 saturated carbocycles. The highest BCUT2D eigenvalue weighted by atomic mass is 35.5. The first-order chi connectivity index (χ1) is 10.3. The van der Waals surface area contributed by atoms with E-state index in [4.69, 9.17) is 16.9 Å². The molecule has 0 N–H and O–H groups in total. The molecule has 2 aromatic heterocycles. The van der Waals surface area contributed by atoms with Crippen LogP contribution in [0.15, 0.2) is 48.7 Å². The zero-order chi connectivity index (χ0) is 14.7. The summed E-state index contributed by atoms with van der Waals surface area (Å²) < 4.78 is 0. The lowest BCUT2D eigenvalue weighted by Gasteiger charge is -2.04. The van der Waals surface area contributed by atoms with Crippen LogP contribution < -0.4 is 0 Å². The van der Waals surface area contributed by atoms with E-state index in [0.29, 0.717) is 16.3 Å². The fraction of sp³-hybridized carbons (Fsp3) is 0.0667. The molecular weight excluding hydrogens is 304 g/mol. The highest BCUT2D eigenvalue weighted by Crippen LogP contribution is 2.33. The molecule has 0 aliphatic carbocycles. The summed E-state index contributed by atoms with van der Waals surface area (Å²) in [5, 5.41) is 18.1. The van der Waals surface area contributed by atoms with Crippen LogP contribution in [0.1, 0.15) is 21.5 Å². The summed E-state index contributed by atoms with van der Waals surface area (Å²) in [6.07, 6.45) is 1.52. The van der Waals surface area contributed by atoms with E-state index in [1.165, 1.54) is 17.5 Å². The quantitative estimate of drug-likeness (QED) is 0.690. The lowest BCUT2D eigenvalue weighted by Crippen LogP contribution is -1.91. The van der Waals surface area contributed by atoms with Crippen molar-refractivity contribution in [1.29, 1.82) is 5.26 Å². The van der Waals surface area contributed by atoms with E-state index in [1.54, 1.807) is 12.1 Å². The predicted octanol–water partition coefficient (Wildman–Crippen LogP) is 3.80. The zero-order valence-electron chi connectivity index (χ0n) is 10.8. The van der Waals surface area contributed by atoms with Gasteiger partial charge in [-0.25, -0.2) is 0 Å². The Hall–Kier alpha value is -2.29. The molecule has 1 aromatic carbocycles. The number of aromatic nitrogens is 3. The molecular formula is C15H9ClN4S. The summed E-state index contributed by atoms with van der Waals surface area (Å²) in [7, 11) is 0. The van der Waals surface area contributed by atoms with Gasteiger partial charge in [0.2, 0.25) is 0 Å². The van der Waals surface area contributed by atoms with E-state index >= 15 is 0 Å². The Morgan fingerprint density at radius 2 is 1.90 bits per heavy atom. The number of alkyl halides is 1. The van der Waals surface area contributed by atoms with Gasteiger partial charge in [0, 0.05) is 6.20 Å². The Kier molecular flexibility index (Phi) is 3.91. The number of rotatable bonds is 3. The number of nitriles is 1. The van der Waals surface area contributed by atoms with Crippen molar-refractivity contribution in [3.63, 3.8) is 0 Å². The van der Waals surface area contributed by atoms with Crippen molar-refractivity contribution >= 4 is 22.9 Å². The Labute approximate surface area is 130 Å². The van der Waals surface area contributed by atoms with Gasteiger partial charge >= 0.3 is 0 Å². The summed E-state index contributed by atoms with van der Waals surface area (Å²) in [6, 6.07) is 15.2. The Bertz CT molecular complexity index is 777. The Morgan fingerprint density at radius 3 is 2.57 bits per heavy atom. The van der Waals surface area contributed by atoms with E-state index in [-0.39, 0.29) is 5.38 Å². The molecule has 3 aromatic rings. The first-order valence-corrected chi connectivity index (χ1v) is 7.42. The first kappa shape index (κ1) is 13.7. The van der Waals surface area contributed by atoms with Crippen molar-refractivity contribution in [3.8, 4) is 16.8 Å². The first-order valence-electron chi connectivity index (χ1n) is 6.17. The van der Waals surface area contributed by atoms with E-state index in [9.17, 15) is 0 Å². The molecule has 0 bridgehead atoms. The second-order valence-electron chi connectivity index (χ2n) is 4.26. The second-order valence-corrected chi connectivity index (χ2v) is 5.71. The summed E-state index contributed by atoms with van der Waals surface area (Å²) in [5.74, 6) is 0. The molecule has 102 valence electrons. The fourth-order valence-corrected chi connectivity index (χ4v) is 2.94. The van der Waals surface area contributed by atoms with Crippen LogP contribution in [-0.4, -0.2) is 15.2 Å². The number of benzene rings is 1. The van der Waals surface area contributed by atoms with Crippen molar-refractivity contribution in [3.05, 3.63) is 64.8 Å². The minimum absolute atomic E-state index is 0.323. The SMILES string of the molecule is N#Cc1ccc(-c2nnc(C(Cl)c3ccccc3)s2)nc1. The van der Waals surface area contributed by atoms with Crippen LogP contribution in [-0.2, 0) is 0 Å². The van der Waals surface area contributed by atoms with Gasteiger partial charge in [-0.1, -0.05) is 41.7 Å². The average molecular weight is 313 g/mol. The van der Waals surface area contributed by atoms with Crippen LogP contribution in [0.4, 0.5) is 0 Å². The molecule has 0 spiro atoms. The van der Waals surface area contributed by atoms with Crippen LogP contribution in [0.5, 0.6) is 0 Å². The third kappa shape index (κ3) is 2.92. The van der Waals surface area contributed by atoms with Gasteiger partial charge in [0.25, 0.3) is 0 Å². The number of hydrogen-bond donors (Lipinski definition) is 0.